The van der Waals surface area contributed by atoms with Crippen LogP contribution < -0.4 is 10.6 Å². The van der Waals surface area contributed by atoms with E-state index in [9.17, 15) is 4.79 Å². The highest BCUT2D eigenvalue weighted by atomic mass is 16.1. The van der Waals surface area contributed by atoms with Gasteiger partial charge in [0.1, 0.15) is 0 Å². The smallest absolute Gasteiger partial charge is 0.233 e. The van der Waals surface area contributed by atoms with Gasteiger partial charge in [-0.2, -0.15) is 0 Å². The second kappa shape index (κ2) is 7.79. The molecule has 4 heteroatoms. The van der Waals surface area contributed by atoms with Crippen LogP contribution >= 0.6 is 0 Å². The van der Waals surface area contributed by atoms with E-state index in [1.807, 2.05) is 18.3 Å². The normalized spacial score (nSPS) is 10.5. The largest absolute Gasteiger partial charge is 0.355 e. The van der Waals surface area contributed by atoms with Crippen LogP contribution in [-0.2, 0) is 11.2 Å². The second-order valence-electron chi connectivity index (χ2n) is 4.49. The molecule has 1 rings (SSSR count). The lowest BCUT2D eigenvalue weighted by atomic mass is 10.2. The molecule has 2 N–H and O–H groups in total. The van der Waals surface area contributed by atoms with Gasteiger partial charge in [-0.3, -0.25) is 9.78 Å². The number of rotatable bonds is 7. The molecule has 0 aliphatic carbocycles. The van der Waals surface area contributed by atoms with Gasteiger partial charge in [-0.25, -0.2) is 0 Å². The molecule has 0 aromatic carbocycles. The van der Waals surface area contributed by atoms with Crippen LogP contribution in [0, 0.1) is 5.92 Å². The average molecular weight is 235 g/mol. The first-order chi connectivity index (χ1) is 8.18. The minimum absolute atomic E-state index is 0.0601. The SMILES string of the molecule is CC(C)CNC(=O)CNCCc1cccnc1. The third kappa shape index (κ3) is 6.68. The summed E-state index contributed by atoms with van der Waals surface area (Å²) in [5, 5.41) is 5.98. The van der Waals surface area contributed by atoms with E-state index in [-0.39, 0.29) is 5.91 Å². The molecule has 0 aliphatic heterocycles. The molecule has 0 fully saturated rings. The number of pyridine rings is 1. The third-order valence-corrected chi connectivity index (χ3v) is 2.31. The summed E-state index contributed by atoms with van der Waals surface area (Å²) in [7, 11) is 0. The van der Waals surface area contributed by atoms with E-state index in [1.54, 1.807) is 6.20 Å². The van der Waals surface area contributed by atoms with Crippen molar-refractivity contribution >= 4 is 5.91 Å². The Morgan fingerprint density at radius 2 is 2.29 bits per heavy atom. The van der Waals surface area contributed by atoms with Crippen LogP contribution in [0.15, 0.2) is 24.5 Å². The average Bonchev–Trinajstić information content (AvgIpc) is 2.33. The number of nitrogens with one attached hydrogen (secondary N) is 2. The van der Waals surface area contributed by atoms with Crippen molar-refractivity contribution in [1.82, 2.24) is 15.6 Å². The fourth-order valence-corrected chi connectivity index (χ4v) is 1.36. The molecule has 0 aliphatic rings. The van der Waals surface area contributed by atoms with Gasteiger partial charge < -0.3 is 10.6 Å². The molecular weight excluding hydrogens is 214 g/mol. The summed E-state index contributed by atoms with van der Waals surface area (Å²) in [6.45, 7) is 6.07. The summed E-state index contributed by atoms with van der Waals surface area (Å²) in [6.07, 6.45) is 4.50. The molecule has 1 aromatic heterocycles. The number of hydrogen-bond donors (Lipinski definition) is 2. The first-order valence-electron chi connectivity index (χ1n) is 6.05. The van der Waals surface area contributed by atoms with Crippen LogP contribution in [0.1, 0.15) is 19.4 Å². The van der Waals surface area contributed by atoms with Crippen LogP contribution in [0.5, 0.6) is 0 Å². The summed E-state index contributed by atoms with van der Waals surface area (Å²) in [4.78, 5) is 15.4. The van der Waals surface area contributed by atoms with E-state index in [0.29, 0.717) is 12.5 Å². The lowest BCUT2D eigenvalue weighted by Crippen LogP contribution is -2.36. The van der Waals surface area contributed by atoms with Crippen molar-refractivity contribution in [1.29, 1.82) is 0 Å². The standard InChI is InChI=1S/C13H21N3O/c1-11(2)8-16-13(17)10-15-7-5-12-4-3-6-14-9-12/h3-4,6,9,11,15H,5,7-8,10H2,1-2H3,(H,16,17). The van der Waals surface area contributed by atoms with Gasteiger partial charge in [0, 0.05) is 18.9 Å². The van der Waals surface area contributed by atoms with Crippen LogP contribution in [0.25, 0.3) is 0 Å². The lowest BCUT2D eigenvalue weighted by Gasteiger charge is -2.08. The number of aromatic nitrogens is 1. The highest BCUT2D eigenvalue weighted by Gasteiger charge is 2.01. The molecule has 94 valence electrons. The Balaban J connectivity index is 2.06. The number of carbonyl (C=O) groups excluding carboxylic acids is 1. The minimum Gasteiger partial charge on any atom is -0.355 e. The van der Waals surface area contributed by atoms with Crippen molar-refractivity contribution < 1.29 is 4.79 Å². The van der Waals surface area contributed by atoms with E-state index in [1.165, 1.54) is 5.56 Å². The van der Waals surface area contributed by atoms with Gasteiger partial charge in [-0.15, -0.1) is 0 Å². The van der Waals surface area contributed by atoms with Crippen LogP contribution in [0.3, 0.4) is 0 Å². The van der Waals surface area contributed by atoms with E-state index in [0.717, 1.165) is 19.5 Å². The summed E-state index contributed by atoms with van der Waals surface area (Å²) < 4.78 is 0. The Bertz CT molecular complexity index is 325. The summed E-state index contributed by atoms with van der Waals surface area (Å²) in [5.41, 5.74) is 1.18. The van der Waals surface area contributed by atoms with Crippen molar-refractivity contribution in [2.45, 2.75) is 20.3 Å². The Labute approximate surface area is 103 Å². The molecule has 1 aromatic rings. The van der Waals surface area contributed by atoms with Gasteiger partial charge in [-0.05, 0) is 30.5 Å². The minimum atomic E-state index is 0.0601. The molecule has 4 nitrogen and oxygen atoms in total. The van der Waals surface area contributed by atoms with E-state index in [4.69, 9.17) is 0 Å². The summed E-state index contributed by atoms with van der Waals surface area (Å²) >= 11 is 0. The topological polar surface area (TPSA) is 54.0 Å². The Morgan fingerprint density at radius 1 is 1.47 bits per heavy atom. The molecule has 0 atom stereocenters. The summed E-state index contributed by atoms with van der Waals surface area (Å²) in [6, 6.07) is 3.96. The number of hydrogen-bond acceptors (Lipinski definition) is 3. The predicted molar refractivity (Wildman–Crippen MR) is 68.7 cm³/mol. The number of carbonyl (C=O) groups is 1. The van der Waals surface area contributed by atoms with Gasteiger partial charge in [0.2, 0.25) is 5.91 Å². The van der Waals surface area contributed by atoms with E-state index in [2.05, 4.69) is 29.5 Å². The molecule has 0 saturated carbocycles. The van der Waals surface area contributed by atoms with Crippen LogP contribution in [-0.4, -0.2) is 30.5 Å². The van der Waals surface area contributed by atoms with Crippen LogP contribution in [0.2, 0.25) is 0 Å². The first-order valence-corrected chi connectivity index (χ1v) is 6.05. The molecule has 0 spiro atoms. The quantitative estimate of drug-likeness (QED) is 0.693. The third-order valence-electron chi connectivity index (χ3n) is 2.31. The molecule has 1 amide bonds. The number of amides is 1. The molecule has 0 bridgehead atoms. The Kier molecular flexibility index (Phi) is 6.25. The zero-order chi connectivity index (χ0) is 12.5. The molecule has 17 heavy (non-hydrogen) atoms. The summed E-state index contributed by atoms with van der Waals surface area (Å²) in [5.74, 6) is 0.555. The lowest BCUT2D eigenvalue weighted by molar-refractivity contribution is -0.120. The van der Waals surface area contributed by atoms with E-state index >= 15 is 0 Å². The first kappa shape index (κ1) is 13.6. The van der Waals surface area contributed by atoms with Crippen LogP contribution in [0.4, 0.5) is 0 Å². The zero-order valence-corrected chi connectivity index (χ0v) is 10.6. The molecule has 1 heterocycles. The van der Waals surface area contributed by atoms with Gasteiger partial charge in [-0.1, -0.05) is 19.9 Å². The van der Waals surface area contributed by atoms with Gasteiger partial charge in [0.15, 0.2) is 0 Å². The maximum atomic E-state index is 11.4. The van der Waals surface area contributed by atoms with Gasteiger partial charge in [0.05, 0.1) is 6.54 Å². The van der Waals surface area contributed by atoms with Crippen molar-refractivity contribution in [3.05, 3.63) is 30.1 Å². The van der Waals surface area contributed by atoms with E-state index < -0.39 is 0 Å². The van der Waals surface area contributed by atoms with Gasteiger partial charge >= 0.3 is 0 Å². The fourth-order valence-electron chi connectivity index (χ4n) is 1.36. The second-order valence-corrected chi connectivity index (χ2v) is 4.49. The molecular formula is C13H21N3O. The number of nitrogens with zero attached hydrogens (tertiary/aromatic N) is 1. The zero-order valence-electron chi connectivity index (χ0n) is 10.6. The van der Waals surface area contributed by atoms with Crippen molar-refractivity contribution in [3.8, 4) is 0 Å². The predicted octanol–water partition coefficient (Wildman–Crippen LogP) is 0.986. The van der Waals surface area contributed by atoms with Crippen molar-refractivity contribution in [2.24, 2.45) is 5.92 Å². The van der Waals surface area contributed by atoms with Crippen molar-refractivity contribution in [2.75, 3.05) is 19.6 Å². The van der Waals surface area contributed by atoms with Crippen molar-refractivity contribution in [3.63, 3.8) is 0 Å². The van der Waals surface area contributed by atoms with Gasteiger partial charge in [0.25, 0.3) is 0 Å². The molecule has 0 saturated heterocycles. The maximum Gasteiger partial charge on any atom is 0.233 e. The molecule has 0 unspecified atom stereocenters. The fraction of sp³-hybridized carbons (Fsp3) is 0.538. The highest BCUT2D eigenvalue weighted by Crippen LogP contribution is 1.95. The Morgan fingerprint density at radius 3 is 2.94 bits per heavy atom. The molecule has 0 radical (unpaired) electrons. The Hall–Kier alpha value is -1.42. The highest BCUT2D eigenvalue weighted by molar-refractivity contribution is 5.77. The monoisotopic (exact) mass is 235 g/mol. The maximum absolute atomic E-state index is 11.4.